The van der Waals surface area contributed by atoms with E-state index in [-0.39, 0.29) is 19.1 Å². The van der Waals surface area contributed by atoms with Gasteiger partial charge in [0.2, 0.25) is 0 Å². The molecule has 0 saturated heterocycles. The largest absolute Gasteiger partial charge is 0.491 e. The van der Waals surface area contributed by atoms with Gasteiger partial charge in [-0.2, -0.15) is 0 Å². The summed E-state index contributed by atoms with van der Waals surface area (Å²) < 4.78 is 10.9. The number of carbonyl (C=O) groups is 1. The molecule has 0 aliphatic heterocycles. The van der Waals surface area contributed by atoms with Crippen LogP contribution in [-0.4, -0.2) is 37.6 Å². The molecule has 0 spiro atoms. The van der Waals surface area contributed by atoms with Gasteiger partial charge in [0.25, 0.3) is 0 Å². The Labute approximate surface area is 188 Å². The zero-order valence-electron chi connectivity index (χ0n) is 17.9. The van der Waals surface area contributed by atoms with E-state index in [4.69, 9.17) is 14.6 Å². The van der Waals surface area contributed by atoms with Gasteiger partial charge in [0, 0.05) is 12.5 Å². The van der Waals surface area contributed by atoms with Gasteiger partial charge in [-0.3, -0.25) is 0 Å². The Morgan fingerprint density at radius 2 is 1.59 bits per heavy atom. The number of hydrogen-bond donors (Lipinski definition) is 2. The van der Waals surface area contributed by atoms with Crippen LogP contribution in [0.1, 0.15) is 29.0 Å². The Balaban J connectivity index is 1.22. The summed E-state index contributed by atoms with van der Waals surface area (Å²) in [6, 6.07) is 24.2. The number of alkyl carbamates (subject to hydrolysis) is 1. The topological polar surface area (TPSA) is 67.8 Å². The van der Waals surface area contributed by atoms with Crippen LogP contribution < -0.4 is 10.1 Å². The van der Waals surface area contributed by atoms with Crippen LogP contribution in [0.3, 0.4) is 0 Å². The number of carbonyl (C=O) groups excluding carboxylic acids is 1. The fraction of sp³-hybridized carbons (Fsp3) is 0.222. The van der Waals surface area contributed by atoms with Crippen LogP contribution in [0.2, 0.25) is 0 Å². The fourth-order valence-electron chi connectivity index (χ4n) is 3.97. The van der Waals surface area contributed by atoms with E-state index >= 15 is 0 Å². The van der Waals surface area contributed by atoms with Crippen molar-refractivity contribution in [1.82, 2.24) is 5.32 Å². The number of benzene rings is 3. The van der Waals surface area contributed by atoms with Crippen molar-refractivity contribution in [2.75, 3.05) is 26.4 Å². The van der Waals surface area contributed by atoms with Gasteiger partial charge in [0.05, 0.1) is 6.61 Å². The lowest BCUT2D eigenvalue weighted by Gasteiger charge is -2.14. The third-order valence-electron chi connectivity index (χ3n) is 5.47. The zero-order valence-corrected chi connectivity index (χ0v) is 17.9. The van der Waals surface area contributed by atoms with E-state index in [1.54, 1.807) is 0 Å². The highest BCUT2D eigenvalue weighted by Gasteiger charge is 2.28. The van der Waals surface area contributed by atoms with Crippen molar-refractivity contribution in [2.24, 2.45) is 0 Å². The molecule has 1 amide bonds. The molecule has 0 heterocycles. The molecule has 5 heteroatoms. The highest BCUT2D eigenvalue weighted by Crippen LogP contribution is 2.44. The van der Waals surface area contributed by atoms with Gasteiger partial charge in [-0.25, -0.2) is 4.79 Å². The third-order valence-corrected chi connectivity index (χ3v) is 5.47. The molecule has 3 aromatic rings. The first-order valence-corrected chi connectivity index (χ1v) is 10.9. The van der Waals surface area contributed by atoms with Gasteiger partial charge >= 0.3 is 6.09 Å². The minimum Gasteiger partial charge on any atom is -0.491 e. The zero-order chi connectivity index (χ0) is 22.2. The molecular weight excluding hydrogens is 402 g/mol. The fourth-order valence-corrected chi connectivity index (χ4v) is 3.97. The highest BCUT2D eigenvalue weighted by atomic mass is 16.5. The Morgan fingerprint density at radius 1 is 0.938 bits per heavy atom. The number of amides is 1. The number of hydrogen-bond acceptors (Lipinski definition) is 4. The molecule has 0 atom stereocenters. The molecular formula is C27H27NO4. The van der Waals surface area contributed by atoms with Gasteiger partial charge in [0.15, 0.2) is 0 Å². The summed E-state index contributed by atoms with van der Waals surface area (Å²) in [5, 5.41) is 11.6. The normalized spacial score (nSPS) is 12.4. The Kier molecular flexibility index (Phi) is 7.20. The average molecular weight is 430 g/mol. The van der Waals surface area contributed by atoms with Crippen molar-refractivity contribution < 1.29 is 19.4 Å². The SMILES string of the molecule is O=C(NCCC=Cc1ccc(OCCO)cc1)OCC1c2ccccc2-c2ccccc21. The maximum atomic E-state index is 12.2. The molecule has 2 N–H and O–H groups in total. The van der Waals surface area contributed by atoms with E-state index in [1.165, 1.54) is 22.3 Å². The summed E-state index contributed by atoms with van der Waals surface area (Å²) in [5.41, 5.74) is 5.89. The van der Waals surface area contributed by atoms with Crippen LogP contribution in [-0.2, 0) is 4.74 Å². The summed E-state index contributed by atoms with van der Waals surface area (Å²) in [4.78, 5) is 12.2. The molecule has 1 aliphatic carbocycles. The molecule has 164 valence electrons. The van der Waals surface area contributed by atoms with E-state index in [9.17, 15) is 4.79 Å². The summed E-state index contributed by atoms with van der Waals surface area (Å²) in [5.74, 6) is 0.797. The van der Waals surface area contributed by atoms with Gasteiger partial charge in [-0.05, 0) is 46.4 Å². The second-order valence-corrected chi connectivity index (χ2v) is 7.58. The standard InChI is InChI=1S/C27H27NO4/c29-17-18-31-21-14-12-20(13-15-21)7-5-6-16-28-27(30)32-19-26-24-10-3-1-8-22(24)23-9-2-4-11-25(23)26/h1-5,7-15,26,29H,6,16-19H2,(H,28,30). The predicted molar refractivity (Wildman–Crippen MR) is 126 cm³/mol. The molecule has 1 aliphatic rings. The van der Waals surface area contributed by atoms with Crippen molar-refractivity contribution in [3.8, 4) is 16.9 Å². The molecule has 4 rings (SSSR count). The Hall–Kier alpha value is -3.57. The highest BCUT2D eigenvalue weighted by molar-refractivity contribution is 5.79. The number of rotatable bonds is 9. The van der Waals surface area contributed by atoms with E-state index in [0.717, 1.165) is 11.3 Å². The van der Waals surface area contributed by atoms with Crippen LogP contribution in [0.25, 0.3) is 17.2 Å². The van der Waals surface area contributed by atoms with E-state index in [1.807, 2.05) is 60.7 Å². The van der Waals surface area contributed by atoms with Gasteiger partial charge in [-0.15, -0.1) is 0 Å². The van der Waals surface area contributed by atoms with Crippen LogP contribution in [0.15, 0.2) is 78.9 Å². The Morgan fingerprint density at radius 3 is 2.25 bits per heavy atom. The van der Waals surface area contributed by atoms with Crippen LogP contribution in [0, 0.1) is 0 Å². The van der Waals surface area contributed by atoms with E-state index < -0.39 is 6.09 Å². The smallest absolute Gasteiger partial charge is 0.407 e. The number of fused-ring (bicyclic) bond motifs is 3. The molecule has 3 aromatic carbocycles. The maximum Gasteiger partial charge on any atom is 0.407 e. The summed E-state index contributed by atoms with van der Waals surface area (Å²) in [6.45, 7) is 1.11. The molecule has 32 heavy (non-hydrogen) atoms. The van der Waals surface area contributed by atoms with E-state index in [2.05, 4.69) is 29.6 Å². The lowest BCUT2D eigenvalue weighted by atomic mass is 9.98. The number of aliphatic hydroxyl groups excluding tert-OH is 1. The van der Waals surface area contributed by atoms with Gasteiger partial charge in [-0.1, -0.05) is 72.8 Å². The number of aliphatic hydroxyl groups is 1. The maximum absolute atomic E-state index is 12.2. The van der Waals surface area contributed by atoms with Crippen LogP contribution in [0.4, 0.5) is 4.79 Å². The van der Waals surface area contributed by atoms with Gasteiger partial charge in [0.1, 0.15) is 19.0 Å². The minimum atomic E-state index is -0.398. The average Bonchev–Trinajstić information content (AvgIpc) is 3.16. The summed E-state index contributed by atoms with van der Waals surface area (Å²) in [7, 11) is 0. The van der Waals surface area contributed by atoms with Crippen molar-refractivity contribution in [3.05, 3.63) is 95.6 Å². The molecule has 5 nitrogen and oxygen atoms in total. The summed E-state index contributed by atoms with van der Waals surface area (Å²) in [6.07, 6.45) is 4.31. The lowest BCUT2D eigenvalue weighted by Crippen LogP contribution is -2.26. The van der Waals surface area contributed by atoms with E-state index in [0.29, 0.717) is 19.6 Å². The second kappa shape index (κ2) is 10.6. The first kappa shape index (κ1) is 21.7. The monoisotopic (exact) mass is 429 g/mol. The summed E-state index contributed by atoms with van der Waals surface area (Å²) >= 11 is 0. The number of nitrogens with one attached hydrogen (secondary N) is 1. The third kappa shape index (κ3) is 5.18. The van der Waals surface area contributed by atoms with Crippen LogP contribution >= 0.6 is 0 Å². The molecule has 0 saturated carbocycles. The predicted octanol–water partition coefficient (Wildman–Crippen LogP) is 5.00. The minimum absolute atomic E-state index is 0.00166. The quantitative estimate of drug-likeness (QED) is 0.470. The van der Waals surface area contributed by atoms with Gasteiger partial charge < -0.3 is 19.9 Å². The Bertz CT molecular complexity index is 1030. The lowest BCUT2D eigenvalue weighted by molar-refractivity contribution is 0.143. The van der Waals surface area contributed by atoms with Crippen molar-refractivity contribution >= 4 is 12.2 Å². The molecule has 0 fully saturated rings. The molecule has 0 bridgehead atoms. The molecule has 0 unspecified atom stereocenters. The van der Waals surface area contributed by atoms with Crippen molar-refractivity contribution in [1.29, 1.82) is 0 Å². The first-order valence-electron chi connectivity index (χ1n) is 10.9. The molecule has 0 radical (unpaired) electrons. The molecule has 0 aromatic heterocycles. The van der Waals surface area contributed by atoms with Crippen molar-refractivity contribution in [2.45, 2.75) is 12.3 Å². The van der Waals surface area contributed by atoms with Crippen molar-refractivity contribution in [3.63, 3.8) is 0 Å². The van der Waals surface area contributed by atoms with Crippen LogP contribution in [0.5, 0.6) is 5.75 Å². The second-order valence-electron chi connectivity index (χ2n) is 7.58. The first-order chi connectivity index (χ1) is 15.8. The number of ether oxygens (including phenoxy) is 2.